The number of amides is 1. The van der Waals surface area contributed by atoms with E-state index in [1.54, 1.807) is 20.0 Å². The number of anilines is 1. The van der Waals surface area contributed by atoms with Crippen LogP contribution in [-0.4, -0.2) is 23.1 Å². The Kier molecular flexibility index (Phi) is 5.56. The highest BCUT2D eigenvalue weighted by Gasteiger charge is 2.23. The van der Waals surface area contributed by atoms with Gasteiger partial charge in [-0.15, -0.1) is 11.3 Å². The van der Waals surface area contributed by atoms with E-state index in [2.05, 4.69) is 5.32 Å². The first-order chi connectivity index (χ1) is 11.4. The van der Waals surface area contributed by atoms with Gasteiger partial charge in [0.25, 0.3) is 11.5 Å². The number of hydrogen-bond acceptors (Lipinski definition) is 5. The van der Waals surface area contributed by atoms with Crippen LogP contribution in [0.25, 0.3) is 0 Å². The van der Waals surface area contributed by atoms with E-state index in [1.165, 1.54) is 28.2 Å². The van der Waals surface area contributed by atoms with Crippen molar-refractivity contribution in [2.45, 2.75) is 27.2 Å². The number of ether oxygens (including phenoxy) is 1. The Balaban J connectivity index is 2.38. The fraction of sp³-hybridized carbons (Fsp3) is 0.353. The van der Waals surface area contributed by atoms with E-state index in [4.69, 9.17) is 4.74 Å². The second-order valence-electron chi connectivity index (χ2n) is 5.23. The molecule has 7 heteroatoms. The first kappa shape index (κ1) is 17.9. The average Bonchev–Trinajstić information content (AvgIpc) is 2.85. The number of pyridine rings is 1. The van der Waals surface area contributed by atoms with Gasteiger partial charge in [0.05, 0.1) is 12.2 Å². The van der Waals surface area contributed by atoms with E-state index in [0.717, 1.165) is 10.4 Å². The van der Waals surface area contributed by atoms with Crippen LogP contribution in [0.4, 0.5) is 5.00 Å². The zero-order chi connectivity index (χ0) is 17.9. The van der Waals surface area contributed by atoms with Crippen molar-refractivity contribution < 1.29 is 14.3 Å². The highest BCUT2D eigenvalue weighted by atomic mass is 32.1. The maximum Gasteiger partial charge on any atom is 0.341 e. The highest BCUT2D eigenvalue weighted by molar-refractivity contribution is 7.16. The van der Waals surface area contributed by atoms with E-state index in [0.29, 0.717) is 17.0 Å². The molecule has 0 unspecified atom stereocenters. The van der Waals surface area contributed by atoms with Crippen LogP contribution < -0.4 is 10.9 Å². The van der Waals surface area contributed by atoms with Crippen molar-refractivity contribution in [1.82, 2.24) is 4.57 Å². The molecule has 6 nitrogen and oxygen atoms in total. The third-order valence-corrected chi connectivity index (χ3v) is 4.70. The van der Waals surface area contributed by atoms with E-state index in [1.807, 2.05) is 13.8 Å². The predicted octanol–water partition coefficient (Wildman–Crippen LogP) is 2.75. The van der Waals surface area contributed by atoms with E-state index >= 15 is 0 Å². The Morgan fingerprint density at radius 1 is 1.33 bits per heavy atom. The summed E-state index contributed by atoms with van der Waals surface area (Å²) < 4.78 is 6.49. The summed E-state index contributed by atoms with van der Waals surface area (Å²) in [5.41, 5.74) is 1.25. The SMILES string of the molecule is CCOC(=O)c1c(NC(=O)c2ccn(C)c(=O)c2)sc(C)c1CC. The van der Waals surface area contributed by atoms with Gasteiger partial charge in [0, 0.05) is 29.8 Å². The summed E-state index contributed by atoms with van der Waals surface area (Å²) in [6, 6.07) is 2.82. The van der Waals surface area contributed by atoms with Gasteiger partial charge in [-0.3, -0.25) is 9.59 Å². The minimum atomic E-state index is -0.446. The third-order valence-electron chi connectivity index (χ3n) is 3.64. The molecular formula is C17H20N2O4S. The van der Waals surface area contributed by atoms with Gasteiger partial charge in [-0.1, -0.05) is 6.92 Å². The lowest BCUT2D eigenvalue weighted by Gasteiger charge is -2.08. The van der Waals surface area contributed by atoms with Crippen LogP contribution in [0, 0.1) is 6.92 Å². The molecule has 0 aliphatic heterocycles. The molecule has 0 aliphatic rings. The molecule has 0 fully saturated rings. The highest BCUT2D eigenvalue weighted by Crippen LogP contribution is 2.34. The maximum atomic E-state index is 12.4. The minimum absolute atomic E-state index is 0.247. The van der Waals surface area contributed by atoms with Crippen LogP contribution in [0.1, 0.15) is 45.0 Å². The lowest BCUT2D eigenvalue weighted by Crippen LogP contribution is -2.20. The van der Waals surface area contributed by atoms with Crippen molar-refractivity contribution in [3.63, 3.8) is 0 Å². The lowest BCUT2D eigenvalue weighted by atomic mass is 10.1. The van der Waals surface area contributed by atoms with E-state index in [9.17, 15) is 14.4 Å². The normalized spacial score (nSPS) is 10.5. The monoisotopic (exact) mass is 348 g/mol. The molecular weight excluding hydrogens is 328 g/mol. The molecule has 24 heavy (non-hydrogen) atoms. The predicted molar refractivity (Wildman–Crippen MR) is 94.0 cm³/mol. The first-order valence-corrected chi connectivity index (χ1v) is 8.48. The number of aromatic nitrogens is 1. The minimum Gasteiger partial charge on any atom is -0.462 e. The van der Waals surface area contributed by atoms with Crippen molar-refractivity contribution in [1.29, 1.82) is 0 Å². The van der Waals surface area contributed by atoms with Gasteiger partial charge >= 0.3 is 5.97 Å². The Morgan fingerprint density at radius 2 is 2.04 bits per heavy atom. The number of nitrogens with zero attached hydrogens (tertiary/aromatic N) is 1. The summed E-state index contributed by atoms with van der Waals surface area (Å²) in [5, 5.41) is 3.19. The number of nitrogens with one attached hydrogen (secondary N) is 1. The average molecular weight is 348 g/mol. The Hall–Kier alpha value is -2.41. The maximum absolute atomic E-state index is 12.4. The molecule has 1 N–H and O–H groups in total. The zero-order valence-electron chi connectivity index (χ0n) is 14.1. The van der Waals surface area contributed by atoms with Crippen LogP contribution in [-0.2, 0) is 18.2 Å². The summed E-state index contributed by atoms with van der Waals surface area (Å²) >= 11 is 1.33. The molecule has 2 aromatic rings. The summed E-state index contributed by atoms with van der Waals surface area (Å²) in [6.07, 6.45) is 2.19. The standard InChI is InChI=1S/C17H20N2O4S/c1-5-12-10(3)24-16(14(12)17(22)23-6-2)18-15(21)11-7-8-19(4)13(20)9-11/h7-9H,5-6H2,1-4H3,(H,18,21). The van der Waals surface area contributed by atoms with Gasteiger partial charge in [0.2, 0.25) is 0 Å². The van der Waals surface area contributed by atoms with Gasteiger partial charge in [0.1, 0.15) is 5.00 Å². The fourth-order valence-corrected chi connectivity index (χ4v) is 3.50. The van der Waals surface area contributed by atoms with Crippen LogP contribution in [0.3, 0.4) is 0 Å². The summed E-state index contributed by atoms with van der Waals surface area (Å²) in [4.78, 5) is 37.3. The fourth-order valence-electron chi connectivity index (χ4n) is 2.38. The van der Waals surface area contributed by atoms with Crippen LogP contribution in [0.15, 0.2) is 23.1 Å². The van der Waals surface area contributed by atoms with Crippen molar-refractivity contribution in [3.8, 4) is 0 Å². The Labute approximate surface area is 144 Å². The van der Waals surface area contributed by atoms with E-state index < -0.39 is 11.9 Å². The number of rotatable bonds is 5. The van der Waals surface area contributed by atoms with Crippen molar-refractivity contribution in [2.75, 3.05) is 11.9 Å². The zero-order valence-corrected chi connectivity index (χ0v) is 15.0. The molecule has 2 aromatic heterocycles. The largest absolute Gasteiger partial charge is 0.462 e. The van der Waals surface area contributed by atoms with Gasteiger partial charge in [-0.05, 0) is 31.9 Å². The number of carbonyl (C=O) groups is 2. The summed E-state index contributed by atoms with van der Waals surface area (Å²) in [5.74, 6) is -0.875. The Bertz CT molecular complexity index is 836. The molecule has 0 saturated heterocycles. The molecule has 2 heterocycles. The number of hydrogen-bond donors (Lipinski definition) is 1. The van der Waals surface area contributed by atoms with Crippen molar-refractivity contribution in [2.24, 2.45) is 7.05 Å². The second-order valence-corrected chi connectivity index (χ2v) is 6.46. The van der Waals surface area contributed by atoms with Crippen LogP contribution in [0.5, 0.6) is 0 Å². The molecule has 0 radical (unpaired) electrons. The molecule has 128 valence electrons. The van der Waals surface area contributed by atoms with Gasteiger partial charge in [0.15, 0.2) is 0 Å². The smallest absolute Gasteiger partial charge is 0.341 e. The quantitative estimate of drug-likeness (QED) is 0.843. The molecule has 0 saturated carbocycles. The second kappa shape index (κ2) is 7.44. The van der Waals surface area contributed by atoms with E-state index in [-0.39, 0.29) is 17.7 Å². The summed E-state index contributed by atoms with van der Waals surface area (Å²) in [7, 11) is 1.61. The number of carbonyl (C=O) groups excluding carboxylic acids is 2. The van der Waals surface area contributed by atoms with Gasteiger partial charge < -0.3 is 14.6 Å². The third kappa shape index (κ3) is 3.56. The molecule has 0 aromatic carbocycles. The van der Waals surface area contributed by atoms with Gasteiger partial charge in [-0.2, -0.15) is 0 Å². The first-order valence-electron chi connectivity index (χ1n) is 7.66. The summed E-state index contributed by atoms with van der Waals surface area (Å²) in [6.45, 7) is 5.85. The van der Waals surface area contributed by atoms with Crippen molar-refractivity contribution >= 4 is 28.2 Å². The molecule has 1 amide bonds. The number of aryl methyl sites for hydroxylation is 2. The molecule has 2 rings (SSSR count). The van der Waals surface area contributed by atoms with Crippen molar-refractivity contribution in [3.05, 3.63) is 50.3 Å². The molecule has 0 aliphatic carbocycles. The van der Waals surface area contributed by atoms with Crippen LogP contribution in [0.2, 0.25) is 0 Å². The number of thiophene rings is 1. The lowest BCUT2D eigenvalue weighted by molar-refractivity contribution is 0.0527. The Morgan fingerprint density at radius 3 is 2.62 bits per heavy atom. The number of esters is 1. The molecule has 0 bridgehead atoms. The van der Waals surface area contributed by atoms with Gasteiger partial charge in [-0.25, -0.2) is 4.79 Å². The van der Waals surface area contributed by atoms with Crippen LogP contribution >= 0.6 is 11.3 Å². The molecule has 0 spiro atoms. The topological polar surface area (TPSA) is 77.4 Å². The molecule has 0 atom stereocenters.